The zero-order chi connectivity index (χ0) is 21.1. The number of nitrogens with zero attached hydrogens (tertiary/aromatic N) is 1. The zero-order valence-electron chi connectivity index (χ0n) is 16.1. The molecule has 1 aliphatic heterocycles. The molecule has 0 saturated carbocycles. The van der Waals surface area contributed by atoms with Gasteiger partial charge in [-0.25, -0.2) is 4.99 Å². The molecule has 8 heteroatoms. The van der Waals surface area contributed by atoms with Gasteiger partial charge in [0, 0.05) is 29.1 Å². The van der Waals surface area contributed by atoms with Crippen LogP contribution in [0.2, 0.25) is 5.02 Å². The van der Waals surface area contributed by atoms with Crippen LogP contribution in [-0.2, 0) is 4.74 Å². The average Bonchev–Trinajstić information content (AvgIpc) is 3.26. The molecule has 154 valence electrons. The van der Waals surface area contributed by atoms with Crippen LogP contribution in [0.15, 0.2) is 57.9 Å². The number of rotatable bonds is 5. The predicted molar refractivity (Wildman–Crippen MR) is 113 cm³/mol. The first-order chi connectivity index (χ1) is 14.5. The number of halogens is 1. The number of hydrogen-bond acceptors (Lipinski definition) is 5. The minimum atomic E-state index is -0.525. The predicted octanol–water partition coefficient (Wildman–Crippen LogP) is 3.33. The summed E-state index contributed by atoms with van der Waals surface area (Å²) in [5, 5.41) is 4.12. The van der Waals surface area contributed by atoms with Crippen molar-refractivity contribution in [1.82, 2.24) is 5.32 Å². The number of nitrogens with two attached hydrogens (primary N) is 1. The number of amides is 2. The molecule has 2 heterocycles. The number of nitrogens with one attached hydrogen (secondary N) is 1. The van der Waals surface area contributed by atoms with E-state index < -0.39 is 5.91 Å². The van der Waals surface area contributed by atoms with Crippen LogP contribution in [0.5, 0.6) is 0 Å². The molecule has 1 atom stereocenters. The van der Waals surface area contributed by atoms with Crippen molar-refractivity contribution in [3.05, 3.63) is 70.2 Å². The summed E-state index contributed by atoms with van der Waals surface area (Å²) >= 11 is 6.09. The molecule has 0 bridgehead atoms. The van der Waals surface area contributed by atoms with Gasteiger partial charge in [-0.15, -0.1) is 0 Å². The molecule has 0 unspecified atom stereocenters. The molecule has 30 heavy (non-hydrogen) atoms. The van der Waals surface area contributed by atoms with Gasteiger partial charge in [-0.3, -0.25) is 9.59 Å². The van der Waals surface area contributed by atoms with E-state index in [9.17, 15) is 9.59 Å². The second-order valence-electron chi connectivity index (χ2n) is 7.02. The van der Waals surface area contributed by atoms with Crippen LogP contribution in [0.4, 0.5) is 5.69 Å². The third-order valence-corrected chi connectivity index (χ3v) is 5.09. The molecular formula is C22H20ClN3O4. The molecule has 0 spiro atoms. The van der Waals surface area contributed by atoms with Crippen LogP contribution in [0.3, 0.4) is 0 Å². The molecular weight excluding hydrogens is 406 g/mol. The van der Waals surface area contributed by atoms with Gasteiger partial charge in [0.05, 0.1) is 11.8 Å². The Labute approximate surface area is 177 Å². The van der Waals surface area contributed by atoms with Crippen molar-refractivity contribution >= 4 is 40.1 Å². The van der Waals surface area contributed by atoms with Gasteiger partial charge in [-0.05, 0) is 61.4 Å². The van der Waals surface area contributed by atoms with Crippen LogP contribution >= 0.6 is 11.6 Å². The molecule has 1 aliphatic rings. The van der Waals surface area contributed by atoms with Crippen molar-refractivity contribution < 1.29 is 18.7 Å². The highest BCUT2D eigenvalue weighted by molar-refractivity contribution is 6.31. The Morgan fingerprint density at radius 3 is 2.67 bits per heavy atom. The first-order valence-electron chi connectivity index (χ1n) is 9.57. The highest BCUT2D eigenvalue weighted by atomic mass is 35.5. The average molecular weight is 426 g/mol. The lowest BCUT2D eigenvalue weighted by Gasteiger charge is -2.11. The standard InChI is InChI=1S/C22H20ClN3O4/c23-15-5-8-19-14(10-15)11-18(21(28)25-12-17-2-1-9-29-17)22(30-19)26-16-6-3-13(4-7-16)20(24)27/h3-8,10-11,17H,1-2,9,12H2,(H2,24,27)(H,25,28)/t17-/m1/s1. The molecule has 2 aromatic carbocycles. The SMILES string of the molecule is NC(=O)c1ccc(N=c2oc3ccc(Cl)cc3cc2C(=O)NC[C@H]2CCCO2)cc1. The van der Waals surface area contributed by atoms with Gasteiger partial charge in [0.2, 0.25) is 11.5 Å². The number of carbonyl (C=O) groups is 2. The monoisotopic (exact) mass is 425 g/mol. The van der Waals surface area contributed by atoms with Crippen LogP contribution in [0, 0.1) is 0 Å². The fourth-order valence-electron chi connectivity index (χ4n) is 3.27. The van der Waals surface area contributed by atoms with E-state index in [0.717, 1.165) is 12.8 Å². The molecule has 0 aliphatic carbocycles. The number of hydrogen-bond donors (Lipinski definition) is 2. The highest BCUT2D eigenvalue weighted by Crippen LogP contribution is 2.20. The summed E-state index contributed by atoms with van der Waals surface area (Å²) in [5.74, 6) is -0.841. The van der Waals surface area contributed by atoms with Gasteiger partial charge in [0.25, 0.3) is 5.91 Å². The Balaban J connectivity index is 1.73. The largest absolute Gasteiger partial charge is 0.438 e. The molecule has 2 amide bonds. The van der Waals surface area contributed by atoms with Crippen LogP contribution in [0.25, 0.3) is 11.0 Å². The first-order valence-corrected chi connectivity index (χ1v) is 9.95. The van der Waals surface area contributed by atoms with Crippen molar-refractivity contribution in [3.63, 3.8) is 0 Å². The Kier molecular flexibility index (Phi) is 5.83. The maximum Gasteiger partial charge on any atom is 0.256 e. The van der Waals surface area contributed by atoms with E-state index in [0.29, 0.717) is 40.4 Å². The highest BCUT2D eigenvalue weighted by Gasteiger charge is 2.18. The van der Waals surface area contributed by atoms with Gasteiger partial charge in [0.15, 0.2) is 0 Å². The summed E-state index contributed by atoms with van der Waals surface area (Å²) in [7, 11) is 0. The second-order valence-corrected chi connectivity index (χ2v) is 7.45. The molecule has 1 fully saturated rings. The minimum Gasteiger partial charge on any atom is -0.438 e. The Morgan fingerprint density at radius 2 is 1.97 bits per heavy atom. The molecule has 1 saturated heterocycles. The van der Waals surface area contributed by atoms with E-state index in [1.807, 2.05) is 0 Å². The summed E-state index contributed by atoms with van der Waals surface area (Å²) in [6.45, 7) is 1.13. The van der Waals surface area contributed by atoms with Crippen LogP contribution in [-0.4, -0.2) is 31.1 Å². The molecule has 0 radical (unpaired) electrons. The Hall–Kier alpha value is -3.16. The van der Waals surface area contributed by atoms with E-state index in [1.165, 1.54) is 0 Å². The number of fused-ring (bicyclic) bond motifs is 1. The number of primary amides is 1. The van der Waals surface area contributed by atoms with Gasteiger partial charge < -0.3 is 20.2 Å². The number of benzene rings is 2. The van der Waals surface area contributed by atoms with E-state index >= 15 is 0 Å². The summed E-state index contributed by atoms with van der Waals surface area (Å²) in [5.41, 5.74) is 7.14. The lowest BCUT2D eigenvalue weighted by molar-refractivity contribution is 0.0854. The first kappa shape index (κ1) is 20.1. The summed E-state index contributed by atoms with van der Waals surface area (Å²) in [4.78, 5) is 28.6. The van der Waals surface area contributed by atoms with Crippen molar-refractivity contribution in [2.24, 2.45) is 10.7 Å². The van der Waals surface area contributed by atoms with Gasteiger partial charge >= 0.3 is 0 Å². The summed E-state index contributed by atoms with van der Waals surface area (Å²) < 4.78 is 11.5. The van der Waals surface area contributed by atoms with Crippen molar-refractivity contribution in [3.8, 4) is 0 Å². The molecule has 4 rings (SSSR count). The third kappa shape index (κ3) is 4.53. The molecule has 3 aromatic rings. The fraction of sp³-hybridized carbons (Fsp3) is 0.227. The van der Waals surface area contributed by atoms with Crippen molar-refractivity contribution in [2.45, 2.75) is 18.9 Å². The quantitative estimate of drug-likeness (QED) is 0.653. The van der Waals surface area contributed by atoms with E-state index in [4.69, 9.17) is 26.5 Å². The van der Waals surface area contributed by atoms with Crippen molar-refractivity contribution in [2.75, 3.05) is 13.2 Å². The van der Waals surface area contributed by atoms with E-state index in [2.05, 4.69) is 10.3 Å². The lowest BCUT2D eigenvalue weighted by atomic mass is 10.1. The maximum absolute atomic E-state index is 12.9. The minimum absolute atomic E-state index is 0.0162. The fourth-order valence-corrected chi connectivity index (χ4v) is 3.45. The lowest BCUT2D eigenvalue weighted by Crippen LogP contribution is -2.34. The summed E-state index contributed by atoms with van der Waals surface area (Å²) in [6.07, 6.45) is 1.93. The Morgan fingerprint density at radius 1 is 1.17 bits per heavy atom. The van der Waals surface area contributed by atoms with Gasteiger partial charge in [-0.1, -0.05) is 11.6 Å². The van der Waals surface area contributed by atoms with Crippen molar-refractivity contribution in [1.29, 1.82) is 0 Å². The third-order valence-electron chi connectivity index (χ3n) is 4.85. The smallest absolute Gasteiger partial charge is 0.256 e. The molecule has 1 aromatic heterocycles. The molecule has 3 N–H and O–H groups in total. The van der Waals surface area contributed by atoms with Crippen LogP contribution < -0.4 is 16.6 Å². The molecule has 7 nitrogen and oxygen atoms in total. The number of ether oxygens (including phenoxy) is 1. The van der Waals surface area contributed by atoms with E-state index in [-0.39, 0.29) is 23.1 Å². The second kappa shape index (κ2) is 8.69. The maximum atomic E-state index is 12.9. The van der Waals surface area contributed by atoms with E-state index in [1.54, 1.807) is 48.5 Å². The van der Waals surface area contributed by atoms with Crippen LogP contribution in [0.1, 0.15) is 33.6 Å². The number of carbonyl (C=O) groups excluding carboxylic acids is 2. The normalized spacial score (nSPS) is 16.7. The van der Waals surface area contributed by atoms with Gasteiger partial charge in [-0.2, -0.15) is 0 Å². The Bertz CT molecular complexity index is 1170. The topological polar surface area (TPSA) is 107 Å². The summed E-state index contributed by atoms with van der Waals surface area (Å²) in [6, 6.07) is 13.3. The van der Waals surface area contributed by atoms with Gasteiger partial charge in [0.1, 0.15) is 11.1 Å². The zero-order valence-corrected chi connectivity index (χ0v) is 16.8.